The van der Waals surface area contributed by atoms with Crippen LogP contribution < -0.4 is 0 Å². The van der Waals surface area contributed by atoms with Crippen LogP contribution in [0.15, 0.2) is 16.5 Å². The van der Waals surface area contributed by atoms with E-state index in [0.717, 1.165) is 12.2 Å². The zero-order valence-corrected chi connectivity index (χ0v) is 10.0. The van der Waals surface area contributed by atoms with E-state index in [9.17, 15) is 4.79 Å². The summed E-state index contributed by atoms with van der Waals surface area (Å²) in [7, 11) is 0. The molecule has 2 heterocycles. The van der Waals surface area contributed by atoms with Gasteiger partial charge in [-0.15, -0.1) is 5.10 Å². The summed E-state index contributed by atoms with van der Waals surface area (Å²) >= 11 is 0. The Morgan fingerprint density at radius 3 is 3.00 bits per heavy atom. The molecule has 2 aromatic heterocycles. The Morgan fingerprint density at radius 1 is 1.50 bits per heavy atom. The molecule has 7 nitrogen and oxygen atoms in total. The van der Waals surface area contributed by atoms with Gasteiger partial charge < -0.3 is 9.52 Å². The van der Waals surface area contributed by atoms with Gasteiger partial charge in [0.15, 0.2) is 5.76 Å². The van der Waals surface area contributed by atoms with Gasteiger partial charge in [-0.05, 0) is 29.0 Å². The molecule has 0 bridgehead atoms. The number of hydrogen-bond acceptors (Lipinski definition) is 5. The number of furan rings is 1. The van der Waals surface area contributed by atoms with Gasteiger partial charge in [-0.2, -0.15) is 0 Å². The van der Waals surface area contributed by atoms with Crippen LogP contribution in [0.3, 0.4) is 0 Å². The normalized spacial score (nSPS) is 10.7. The largest absolute Gasteiger partial charge is 0.481 e. The molecule has 2 aromatic rings. The first-order valence-corrected chi connectivity index (χ1v) is 5.77. The van der Waals surface area contributed by atoms with Crippen molar-refractivity contribution >= 4 is 5.97 Å². The molecule has 0 unspecified atom stereocenters. The third-order valence-corrected chi connectivity index (χ3v) is 2.52. The van der Waals surface area contributed by atoms with Crippen molar-refractivity contribution in [1.29, 1.82) is 0 Å². The van der Waals surface area contributed by atoms with Crippen molar-refractivity contribution in [2.24, 2.45) is 0 Å². The second-order valence-corrected chi connectivity index (χ2v) is 3.84. The first kappa shape index (κ1) is 12.3. The molecule has 0 aliphatic heterocycles. The van der Waals surface area contributed by atoms with Gasteiger partial charge in [0.1, 0.15) is 5.76 Å². The Morgan fingerprint density at radius 2 is 2.33 bits per heavy atom. The van der Waals surface area contributed by atoms with Crippen LogP contribution in [0.1, 0.15) is 25.5 Å². The van der Waals surface area contributed by atoms with Crippen LogP contribution in [0.2, 0.25) is 0 Å². The van der Waals surface area contributed by atoms with Crippen molar-refractivity contribution in [3.8, 4) is 11.6 Å². The Kier molecular flexibility index (Phi) is 3.71. The minimum atomic E-state index is -0.823. The van der Waals surface area contributed by atoms with Gasteiger partial charge in [-0.25, -0.2) is 4.68 Å². The topological polar surface area (TPSA) is 94.0 Å². The first-order valence-electron chi connectivity index (χ1n) is 5.77. The SMILES string of the molecule is CCc1ccc(-c2nnnn2CCCC(=O)O)o1. The highest BCUT2D eigenvalue weighted by molar-refractivity contribution is 5.66. The lowest BCUT2D eigenvalue weighted by Gasteiger charge is -2.00. The lowest BCUT2D eigenvalue weighted by molar-refractivity contribution is -0.137. The summed E-state index contributed by atoms with van der Waals surface area (Å²) in [5, 5.41) is 19.9. The lowest BCUT2D eigenvalue weighted by Crippen LogP contribution is -2.05. The van der Waals surface area contributed by atoms with Gasteiger partial charge in [-0.1, -0.05) is 6.92 Å². The summed E-state index contributed by atoms with van der Waals surface area (Å²) in [6, 6.07) is 3.70. The number of nitrogens with zero attached hydrogens (tertiary/aromatic N) is 4. The van der Waals surface area contributed by atoms with Crippen LogP contribution in [0.25, 0.3) is 11.6 Å². The summed E-state index contributed by atoms with van der Waals surface area (Å²) < 4.78 is 7.12. The molecule has 96 valence electrons. The van der Waals surface area contributed by atoms with Gasteiger partial charge in [-0.3, -0.25) is 4.79 Å². The number of aryl methyl sites for hydroxylation is 2. The smallest absolute Gasteiger partial charge is 0.303 e. The number of hydrogen-bond donors (Lipinski definition) is 1. The summed E-state index contributed by atoms with van der Waals surface area (Å²) in [5.74, 6) is 1.17. The molecule has 0 radical (unpaired) electrons. The molecule has 0 fully saturated rings. The third-order valence-electron chi connectivity index (χ3n) is 2.52. The standard InChI is InChI=1S/C11H14N4O3/c1-2-8-5-6-9(18-8)11-12-13-14-15(11)7-3-4-10(16)17/h5-6H,2-4,7H2,1H3,(H,16,17). The number of carboxylic acids is 1. The van der Waals surface area contributed by atoms with E-state index in [0.29, 0.717) is 24.6 Å². The van der Waals surface area contributed by atoms with Gasteiger partial charge in [0, 0.05) is 19.4 Å². The van der Waals surface area contributed by atoms with E-state index >= 15 is 0 Å². The Bertz CT molecular complexity index is 532. The van der Waals surface area contributed by atoms with E-state index in [-0.39, 0.29) is 6.42 Å². The van der Waals surface area contributed by atoms with E-state index < -0.39 is 5.97 Å². The Balaban J connectivity index is 2.09. The predicted molar refractivity (Wildman–Crippen MR) is 61.8 cm³/mol. The number of carbonyl (C=O) groups is 1. The number of rotatable bonds is 6. The molecule has 0 atom stereocenters. The molecular formula is C11H14N4O3. The average molecular weight is 250 g/mol. The number of carboxylic acid groups (broad SMARTS) is 1. The molecule has 1 N–H and O–H groups in total. The van der Waals surface area contributed by atoms with Crippen molar-refractivity contribution in [2.75, 3.05) is 0 Å². The molecule has 0 aliphatic rings. The maximum Gasteiger partial charge on any atom is 0.303 e. The highest BCUT2D eigenvalue weighted by atomic mass is 16.4. The van der Waals surface area contributed by atoms with Crippen molar-refractivity contribution in [2.45, 2.75) is 32.7 Å². The molecule has 0 amide bonds. The van der Waals surface area contributed by atoms with Gasteiger partial charge in [0.05, 0.1) is 0 Å². The Hall–Kier alpha value is -2.18. The number of aliphatic carboxylic acids is 1. The molecule has 0 aliphatic carbocycles. The van der Waals surface area contributed by atoms with Crippen LogP contribution in [0.4, 0.5) is 0 Å². The fraction of sp³-hybridized carbons (Fsp3) is 0.455. The second-order valence-electron chi connectivity index (χ2n) is 3.84. The van der Waals surface area contributed by atoms with E-state index in [1.165, 1.54) is 0 Å². The molecular weight excluding hydrogens is 236 g/mol. The van der Waals surface area contributed by atoms with Crippen LogP contribution in [0, 0.1) is 0 Å². The van der Waals surface area contributed by atoms with Crippen LogP contribution >= 0.6 is 0 Å². The average Bonchev–Trinajstić information content (AvgIpc) is 2.95. The zero-order chi connectivity index (χ0) is 13.0. The van der Waals surface area contributed by atoms with Crippen molar-refractivity contribution < 1.29 is 14.3 Å². The molecule has 7 heteroatoms. The van der Waals surface area contributed by atoms with E-state index in [4.69, 9.17) is 9.52 Å². The fourth-order valence-electron chi connectivity index (χ4n) is 1.60. The monoisotopic (exact) mass is 250 g/mol. The zero-order valence-electron chi connectivity index (χ0n) is 10.0. The summed E-state index contributed by atoms with van der Waals surface area (Å²) in [6.45, 7) is 2.45. The fourth-order valence-corrected chi connectivity index (χ4v) is 1.60. The summed E-state index contributed by atoms with van der Waals surface area (Å²) in [5.41, 5.74) is 0. The molecule has 2 rings (SSSR count). The lowest BCUT2D eigenvalue weighted by atomic mass is 10.3. The number of aromatic nitrogens is 4. The van der Waals surface area contributed by atoms with Gasteiger partial charge in [0.25, 0.3) is 0 Å². The Labute approximate surface area is 103 Å². The summed E-state index contributed by atoms with van der Waals surface area (Å²) in [6.07, 6.45) is 1.38. The first-order chi connectivity index (χ1) is 8.70. The third kappa shape index (κ3) is 2.73. The van der Waals surface area contributed by atoms with Crippen LogP contribution in [0.5, 0.6) is 0 Å². The maximum atomic E-state index is 10.4. The highest BCUT2D eigenvalue weighted by Gasteiger charge is 2.13. The molecule has 18 heavy (non-hydrogen) atoms. The van der Waals surface area contributed by atoms with E-state index in [2.05, 4.69) is 15.5 Å². The minimum Gasteiger partial charge on any atom is -0.481 e. The van der Waals surface area contributed by atoms with Crippen LogP contribution in [-0.2, 0) is 17.8 Å². The summed E-state index contributed by atoms with van der Waals surface area (Å²) in [4.78, 5) is 10.4. The molecule has 0 aromatic carbocycles. The van der Waals surface area contributed by atoms with Gasteiger partial charge in [0.2, 0.25) is 5.82 Å². The van der Waals surface area contributed by atoms with E-state index in [1.54, 1.807) is 4.68 Å². The van der Waals surface area contributed by atoms with Crippen molar-refractivity contribution in [3.63, 3.8) is 0 Å². The molecule has 0 saturated carbocycles. The minimum absolute atomic E-state index is 0.0949. The van der Waals surface area contributed by atoms with E-state index in [1.807, 2.05) is 19.1 Å². The van der Waals surface area contributed by atoms with Gasteiger partial charge >= 0.3 is 5.97 Å². The van der Waals surface area contributed by atoms with Crippen molar-refractivity contribution in [3.05, 3.63) is 17.9 Å². The quantitative estimate of drug-likeness (QED) is 0.831. The predicted octanol–water partition coefficient (Wildman–Crippen LogP) is 1.36. The maximum absolute atomic E-state index is 10.4. The highest BCUT2D eigenvalue weighted by Crippen LogP contribution is 2.19. The molecule has 0 saturated heterocycles. The molecule has 0 spiro atoms. The second kappa shape index (κ2) is 5.44. The van der Waals surface area contributed by atoms with Crippen molar-refractivity contribution in [1.82, 2.24) is 20.2 Å². The van der Waals surface area contributed by atoms with Crippen LogP contribution in [-0.4, -0.2) is 31.3 Å². The number of tetrazole rings is 1.